The highest BCUT2D eigenvalue weighted by molar-refractivity contribution is 5.44. The van der Waals surface area contributed by atoms with E-state index in [2.05, 4.69) is 10.8 Å². The monoisotopic (exact) mass is 273 g/mol. The summed E-state index contributed by atoms with van der Waals surface area (Å²) in [5, 5.41) is 9.15. The third-order valence-electron chi connectivity index (χ3n) is 3.40. The van der Waals surface area contributed by atoms with Gasteiger partial charge in [0.05, 0.1) is 11.5 Å². The van der Waals surface area contributed by atoms with E-state index >= 15 is 0 Å². The first-order chi connectivity index (χ1) is 8.90. The number of halogens is 4. The lowest BCUT2D eigenvalue weighted by molar-refractivity contribution is -0.275. The van der Waals surface area contributed by atoms with Gasteiger partial charge in [0.1, 0.15) is 12.4 Å². The van der Waals surface area contributed by atoms with Gasteiger partial charge < -0.3 is 4.74 Å². The number of benzene rings is 1. The third-order valence-corrected chi connectivity index (χ3v) is 3.40. The summed E-state index contributed by atoms with van der Waals surface area (Å²) in [6.45, 7) is -1.07. The number of nitriles is 1. The molecule has 0 N–H and O–H groups in total. The van der Waals surface area contributed by atoms with Crippen molar-refractivity contribution in [1.29, 1.82) is 5.26 Å². The second-order valence-electron chi connectivity index (χ2n) is 4.55. The van der Waals surface area contributed by atoms with Crippen molar-refractivity contribution in [3.8, 4) is 11.8 Å². The van der Waals surface area contributed by atoms with E-state index in [1.54, 1.807) is 0 Å². The lowest BCUT2D eigenvalue weighted by Crippen LogP contribution is -2.32. The van der Waals surface area contributed by atoms with Crippen LogP contribution >= 0.6 is 0 Å². The molecule has 0 amide bonds. The van der Waals surface area contributed by atoms with Crippen LogP contribution in [0.1, 0.15) is 30.4 Å². The molecule has 102 valence electrons. The van der Waals surface area contributed by atoms with Crippen LogP contribution in [0.4, 0.5) is 17.6 Å². The normalized spacial score (nSPS) is 17.4. The number of ether oxygens (including phenoxy) is 1. The van der Waals surface area contributed by atoms with E-state index in [0.717, 1.165) is 12.5 Å². The molecule has 2 nitrogen and oxygen atoms in total. The summed E-state index contributed by atoms with van der Waals surface area (Å²) in [4.78, 5) is 0. The highest BCUT2D eigenvalue weighted by Gasteiger charge is 2.39. The molecule has 0 radical (unpaired) electrons. The minimum absolute atomic E-state index is 0.184. The van der Waals surface area contributed by atoms with Crippen LogP contribution in [0.25, 0.3) is 0 Å². The van der Waals surface area contributed by atoms with Gasteiger partial charge in [0.2, 0.25) is 0 Å². The molecule has 6 heteroatoms. The van der Waals surface area contributed by atoms with E-state index in [-0.39, 0.29) is 5.56 Å². The molecule has 0 unspecified atom stereocenters. The quantitative estimate of drug-likeness (QED) is 0.780. The Labute approximate surface area is 107 Å². The average molecular weight is 273 g/mol. The SMILES string of the molecule is N#CC1(c2ccc(OC(F)(F)F)c(CF)c2)CCC1. The molecule has 0 heterocycles. The molecule has 0 spiro atoms. The summed E-state index contributed by atoms with van der Waals surface area (Å²) in [5.74, 6) is -0.550. The fourth-order valence-corrected chi connectivity index (χ4v) is 2.20. The van der Waals surface area contributed by atoms with Gasteiger partial charge >= 0.3 is 6.36 Å². The van der Waals surface area contributed by atoms with Crippen molar-refractivity contribution in [3.05, 3.63) is 29.3 Å². The molecule has 1 aliphatic rings. The van der Waals surface area contributed by atoms with E-state index < -0.39 is 24.2 Å². The van der Waals surface area contributed by atoms with Crippen LogP contribution in [-0.2, 0) is 12.1 Å². The molecular weight excluding hydrogens is 262 g/mol. The summed E-state index contributed by atoms with van der Waals surface area (Å²) in [6.07, 6.45) is -2.67. The van der Waals surface area contributed by atoms with Crippen molar-refractivity contribution < 1.29 is 22.3 Å². The average Bonchev–Trinajstić information content (AvgIpc) is 2.28. The zero-order valence-corrected chi connectivity index (χ0v) is 9.93. The van der Waals surface area contributed by atoms with E-state index in [0.29, 0.717) is 18.4 Å². The zero-order chi connectivity index (χ0) is 14.1. The third kappa shape index (κ3) is 2.65. The van der Waals surface area contributed by atoms with Crippen LogP contribution < -0.4 is 4.74 Å². The molecule has 0 atom stereocenters. The predicted molar refractivity (Wildman–Crippen MR) is 59.1 cm³/mol. The summed E-state index contributed by atoms with van der Waals surface area (Å²) in [6, 6.07) is 5.94. The summed E-state index contributed by atoms with van der Waals surface area (Å²) < 4.78 is 53.0. The first-order valence-corrected chi connectivity index (χ1v) is 5.76. The molecule has 0 aliphatic heterocycles. The van der Waals surface area contributed by atoms with Crippen molar-refractivity contribution in [3.63, 3.8) is 0 Å². The van der Waals surface area contributed by atoms with E-state index in [1.807, 2.05) is 0 Å². The van der Waals surface area contributed by atoms with E-state index in [9.17, 15) is 17.6 Å². The Kier molecular flexibility index (Phi) is 3.40. The molecule has 1 fully saturated rings. The second-order valence-corrected chi connectivity index (χ2v) is 4.55. The lowest BCUT2D eigenvalue weighted by atomic mass is 9.65. The minimum atomic E-state index is -4.85. The maximum absolute atomic E-state index is 12.8. The van der Waals surface area contributed by atoms with Crippen LogP contribution in [0.2, 0.25) is 0 Å². The number of rotatable bonds is 3. The Morgan fingerprint density at radius 2 is 2.00 bits per heavy atom. The van der Waals surface area contributed by atoms with Gasteiger partial charge in [-0.3, -0.25) is 0 Å². The molecule has 0 aromatic heterocycles. The molecule has 19 heavy (non-hydrogen) atoms. The van der Waals surface area contributed by atoms with Gasteiger partial charge in [0.25, 0.3) is 0 Å². The number of hydrogen-bond donors (Lipinski definition) is 0. The topological polar surface area (TPSA) is 33.0 Å². The Morgan fingerprint density at radius 1 is 1.32 bits per heavy atom. The lowest BCUT2D eigenvalue weighted by Gasteiger charge is -2.36. The first kappa shape index (κ1) is 13.7. The van der Waals surface area contributed by atoms with Crippen molar-refractivity contribution in [2.45, 2.75) is 37.7 Å². The van der Waals surface area contributed by atoms with E-state index in [4.69, 9.17) is 5.26 Å². The van der Waals surface area contributed by atoms with Crippen LogP contribution in [0.3, 0.4) is 0 Å². The predicted octanol–water partition coefficient (Wildman–Crippen LogP) is 4.00. The standard InChI is InChI=1S/C13H11F4NO/c14-7-9-6-10(12(8-18)4-1-5-12)2-3-11(9)19-13(15,16)17/h2-3,6H,1,4-5,7H2. The van der Waals surface area contributed by atoms with Gasteiger partial charge in [-0.1, -0.05) is 6.07 Å². The van der Waals surface area contributed by atoms with Crippen LogP contribution in [0.5, 0.6) is 5.75 Å². The maximum Gasteiger partial charge on any atom is 0.573 e. The van der Waals surface area contributed by atoms with Gasteiger partial charge in [-0.2, -0.15) is 5.26 Å². The Bertz CT molecular complexity index is 514. The molecule has 2 rings (SSSR count). The summed E-state index contributed by atoms with van der Waals surface area (Å²) >= 11 is 0. The largest absolute Gasteiger partial charge is 0.573 e. The molecule has 0 saturated heterocycles. The molecule has 1 aromatic carbocycles. The minimum Gasteiger partial charge on any atom is -0.405 e. The van der Waals surface area contributed by atoms with Gasteiger partial charge in [-0.25, -0.2) is 4.39 Å². The highest BCUT2D eigenvalue weighted by atomic mass is 19.4. The van der Waals surface area contributed by atoms with Gasteiger partial charge in [0.15, 0.2) is 0 Å². The highest BCUT2D eigenvalue weighted by Crippen LogP contribution is 2.44. The smallest absolute Gasteiger partial charge is 0.405 e. The summed E-state index contributed by atoms with van der Waals surface area (Å²) in [5.41, 5.74) is -0.305. The Hall–Kier alpha value is -1.77. The van der Waals surface area contributed by atoms with Crippen molar-refractivity contribution in [2.75, 3.05) is 0 Å². The number of nitrogens with zero attached hydrogens (tertiary/aromatic N) is 1. The van der Waals surface area contributed by atoms with E-state index in [1.165, 1.54) is 12.1 Å². The number of hydrogen-bond acceptors (Lipinski definition) is 2. The Balaban J connectivity index is 2.34. The van der Waals surface area contributed by atoms with Gasteiger partial charge in [-0.05, 0) is 37.0 Å². The fraction of sp³-hybridized carbons (Fsp3) is 0.462. The van der Waals surface area contributed by atoms with Crippen LogP contribution in [0, 0.1) is 11.3 Å². The van der Waals surface area contributed by atoms with Crippen molar-refractivity contribution in [2.24, 2.45) is 0 Å². The fourth-order valence-electron chi connectivity index (χ4n) is 2.20. The molecule has 1 aromatic rings. The first-order valence-electron chi connectivity index (χ1n) is 5.76. The van der Waals surface area contributed by atoms with Crippen molar-refractivity contribution in [1.82, 2.24) is 0 Å². The van der Waals surface area contributed by atoms with Crippen molar-refractivity contribution >= 4 is 0 Å². The maximum atomic E-state index is 12.8. The van der Waals surface area contributed by atoms with Gasteiger partial charge in [-0.15, -0.1) is 13.2 Å². The Morgan fingerprint density at radius 3 is 2.42 bits per heavy atom. The molecule has 1 saturated carbocycles. The molecule has 0 bridgehead atoms. The van der Waals surface area contributed by atoms with Gasteiger partial charge in [0, 0.05) is 5.56 Å². The summed E-state index contributed by atoms with van der Waals surface area (Å²) in [7, 11) is 0. The number of alkyl halides is 4. The van der Waals surface area contributed by atoms with Crippen LogP contribution in [0.15, 0.2) is 18.2 Å². The molecular formula is C13H11F4NO. The van der Waals surface area contributed by atoms with Crippen LogP contribution in [-0.4, -0.2) is 6.36 Å². The second kappa shape index (κ2) is 4.72. The zero-order valence-electron chi connectivity index (χ0n) is 9.93. The molecule has 1 aliphatic carbocycles.